The monoisotopic (exact) mass is 454 g/mol. The van der Waals surface area contributed by atoms with Gasteiger partial charge in [0.25, 0.3) is 10.0 Å². The molecule has 2 aliphatic carbocycles. The molecule has 2 N–H and O–H groups in total. The third kappa shape index (κ3) is 4.28. The Balaban J connectivity index is 1.26. The van der Waals surface area contributed by atoms with Crippen LogP contribution in [0.25, 0.3) is 0 Å². The number of amides is 1. The Hall–Kier alpha value is -2.38. The van der Waals surface area contributed by atoms with E-state index in [1.165, 1.54) is 5.56 Å². The Morgan fingerprint density at radius 2 is 1.75 bits per heavy atom. The van der Waals surface area contributed by atoms with Crippen molar-refractivity contribution in [2.24, 2.45) is 0 Å². The van der Waals surface area contributed by atoms with Gasteiger partial charge in [0.1, 0.15) is 0 Å². The summed E-state index contributed by atoms with van der Waals surface area (Å²) in [6.45, 7) is 1.33. The summed E-state index contributed by atoms with van der Waals surface area (Å²) in [4.78, 5) is 13.1. The lowest BCUT2D eigenvalue weighted by molar-refractivity contribution is -0.124. The highest BCUT2D eigenvalue weighted by Crippen LogP contribution is 2.48. The lowest BCUT2D eigenvalue weighted by atomic mass is 9.92. The van der Waals surface area contributed by atoms with Gasteiger partial charge in [-0.1, -0.05) is 18.2 Å². The largest absolute Gasteiger partial charge is 0.376 e. The van der Waals surface area contributed by atoms with E-state index in [4.69, 9.17) is 4.74 Å². The van der Waals surface area contributed by atoms with Gasteiger partial charge in [-0.25, -0.2) is 8.42 Å². The highest BCUT2D eigenvalue weighted by molar-refractivity contribution is 7.92. The molecule has 170 valence electrons. The van der Waals surface area contributed by atoms with Gasteiger partial charge in [-0.3, -0.25) is 9.52 Å². The number of ether oxygens (including phenoxy) is 1. The maximum atomic E-state index is 12.9. The highest BCUT2D eigenvalue weighted by Gasteiger charge is 2.51. The van der Waals surface area contributed by atoms with E-state index < -0.39 is 15.4 Å². The number of fused-ring (bicyclic) bond motifs is 1. The van der Waals surface area contributed by atoms with Gasteiger partial charge in [0.2, 0.25) is 5.91 Å². The number of rotatable bonds is 7. The fourth-order valence-corrected chi connectivity index (χ4v) is 6.01. The Bertz CT molecular complexity index is 1100. The molecule has 0 radical (unpaired) electrons. The second-order valence-electron chi connectivity index (χ2n) is 9.25. The summed E-state index contributed by atoms with van der Waals surface area (Å²) >= 11 is 0. The Labute approximate surface area is 189 Å². The lowest BCUT2D eigenvalue weighted by Gasteiger charge is -2.19. The van der Waals surface area contributed by atoms with Gasteiger partial charge in [0, 0.05) is 18.8 Å². The molecule has 7 heteroatoms. The quantitative estimate of drug-likeness (QED) is 0.668. The zero-order chi connectivity index (χ0) is 22.2. The van der Waals surface area contributed by atoms with E-state index in [0.717, 1.165) is 69.1 Å². The normalized spacial score (nSPS) is 21.6. The number of hydrogen-bond donors (Lipinski definition) is 2. The third-order valence-corrected chi connectivity index (χ3v) is 8.40. The third-order valence-electron chi connectivity index (χ3n) is 7.02. The SMILES string of the molecule is O=C(NC[C@@H]1CCCO1)C1(c2ccc(NS(=O)(=O)c3ccc4c(c3)CCCC4)cc2)CC1. The molecule has 0 spiro atoms. The maximum absolute atomic E-state index is 12.9. The number of sulfonamides is 1. The predicted molar refractivity (Wildman–Crippen MR) is 123 cm³/mol. The van der Waals surface area contributed by atoms with Crippen molar-refractivity contribution in [1.82, 2.24) is 5.32 Å². The van der Waals surface area contributed by atoms with E-state index in [-0.39, 0.29) is 12.0 Å². The molecule has 1 saturated carbocycles. The summed E-state index contributed by atoms with van der Waals surface area (Å²) in [6, 6.07) is 12.7. The van der Waals surface area contributed by atoms with Crippen molar-refractivity contribution in [2.75, 3.05) is 17.9 Å². The summed E-state index contributed by atoms with van der Waals surface area (Å²) in [6.07, 6.45) is 8.01. The molecule has 2 fully saturated rings. The van der Waals surface area contributed by atoms with Crippen molar-refractivity contribution in [3.8, 4) is 0 Å². The molecule has 6 nitrogen and oxygen atoms in total. The Kier molecular flexibility index (Phi) is 5.72. The first-order valence-electron chi connectivity index (χ1n) is 11.6. The molecule has 1 heterocycles. The van der Waals surface area contributed by atoms with Crippen LogP contribution >= 0.6 is 0 Å². The van der Waals surface area contributed by atoms with E-state index in [0.29, 0.717) is 17.1 Å². The van der Waals surface area contributed by atoms with Crippen LogP contribution in [0, 0.1) is 0 Å². The van der Waals surface area contributed by atoms with E-state index in [2.05, 4.69) is 10.0 Å². The number of carbonyl (C=O) groups is 1. The molecule has 1 aliphatic heterocycles. The molecule has 1 saturated heterocycles. The summed E-state index contributed by atoms with van der Waals surface area (Å²) in [5.74, 6) is 0.0374. The van der Waals surface area contributed by atoms with Gasteiger partial charge in [-0.15, -0.1) is 0 Å². The van der Waals surface area contributed by atoms with Crippen LogP contribution in [-0.4, -0.2) is 33.6 Å². The van der Waals surface area contributed by atoms with Crippen molar-refractivity contribution in [3.05, 3.63) is 59.2 Å². The smallest absolute Gasteiger partial charge is 0.261 e. The number of carbonyl (C=O) groups excluding carboxylic acids is 1. The molecule has 32 heavy (non-hydrogen) atoms. The molecule has 1 amide bonds. The molecule has 3 aliphatic rings. The van der Waals surface area contributed by atoms with Gasteiger partial charge >= 0.3 is 0 Å². The number of hydrogen-bond acceptors (Lipinski definition) is 4. The van der Waals surface area contributed by atoms with E-state index in [9.17, 15) is 13.2 Å². The van der Waals surface area contributed by atoms with Gasteiger partial charge < -0.3 is 10.1 Å². The van der Waals surface area contributed by atoms with E-state index in [1.807, 2.05) is 24.3 Å². The van der Waals surface area contributed by atoms with Crippen LogP contribution in [0.3, 0.4) is 0 Å². The van der Waals surface area contributed by atoms with Crippen LogP contribution in [0.1, 0.15) is 55.2 Å². The minimum atomic E-state index is -3.66. The molecule has 0 aromatic heterocycles. The summed E-state index contributed by atoms with van der Waals surface area (Å²) in [7, 11) is -3.66. The van der Waals surface area contributed by atoms with Crippen LogP contribution < -0.4 is 10.0 Å². The zero-order valence-electron chi connectivity index (χ0n) is 18.2. The standard InChI is InChI=1S/C25H30N2O4S/c28-24(26-17-22-6-3-15-31-22)25(13-14-25)20-8-10-21(11-9-20)27-32(29,30)23-12-7-18-4-1-2-5-19(18)16-23/h7-12,16,22,27H,1-6,13-15,17H2,(H,26,28)/t22-/m0/s1. The first kappa shape index (κ1) is 21.5. The number of benzene rings is 2. The van der Waals surface area contributed by atoms with Crippen LogP contribution in [0.4, 0.5) is 5.69 Å². The van der Waals surface area contributed by atoms with Gasteiger partial charge in [-0.05, 0) is 92.3 Å². The average Bonchev–Trinajstić information content (AvgIpc) is 3.45. The fourth-order valence-electron chi connectivity index (χ4n) is 4.90. The maximum Gasteiger partial charge on any atom is 0.261 e. The summed E-state index contributed by atoms with van der Waals surface area (Å²) < 4.78 is 34.1. The van der Waals surface area contributed by atoms with Crippen molar-refractivity contribution in [1.29, 1.82) is 0 Å². The lowest BCUT2D eigenvalue weighted by Crippen LogP contribution is -2.39. The Morgan fingerprint density at radius 3 is 2.44 bits per heavy atom. The number of anilines is 1. The van der Waals surface area contributed by atoms with Crippen LogP contribution in [0.2, 0.25) is 0 Å². The topological polar surface area (TPSA) is 84.5 Å². The molecule has 5 rings (SSSR count). The van der Waals surface area contributed by atoms with Gasteiger partial charge in [-0.2, -0.15) is 0 Å². The van der Waals surface area contributed by atoms with E-state index in [1.54, 1.807) is 18.2 Å². The molecule has 2 aromatic carbocycles. The molecule has 2 aromatic rings. The summed E-state index contributed by atoms with van der Waals surface area (Å²) in [5.41, 5.74) is 3.33. The molecular weight excluding hydrogens is 424 g/mol. The summed E-state index contributed by atoms with van der Waals surface area (Å²) in [5, 5.41) is 3.05. The first-order valence-corrected chi connectivity index (χ1v) is 13.1. The van der Waals surface area contributed by atoms with Gasteiger partial charge in [0.15, 0.2) is 0 Å². The van der Waals surface area contributed by atoms with Crippen LogP contribution in [0.5, 0.6) is 0 Å². The number of aryl methyl sites for hydroxylation is 2. The highest BCUT2D eigenvalue weighted by atomic mass is 32.2. The predicted octanol–water partition coefficient (Wildman–Crippen LogP) is 3.69. The Morgan fingerprint density at radius 1 is 1.00 bits per heavy atom. The van der Waals surface area contributed by atoms with Crippen LogP contribution in [0.15, 0.2) is 47.4 Å². The van der Waals surface area contributed by atoms with Crippen LogP contribution in [-0.2, 0) is 37.8 Å². The van der Waals surface area contributed by atoms with Crippen molar-refractivity contribution >= 4 is 21.6 Å². The molecular formula is C25H30N2O4S. The second kappa shape index (κ2) is 8.52. The second-order valence-corrected chi connectivity index (χ2v) is 10.9. The minimum absolute atomic E-state index is 0.0374. The average molecular weight is 455 g/mol. The van der Waals surface area contributed by atoms with Crippen molar-refractivity contribution < 1.29 is 17.9 Å². The minimum Gasteiger partial charge on any atom is -0.376 e. The molecule has 0 unspecified atom stereocenters. The van der Waals surface area contributed by atoms with Gasteiger partial charge in [0.05, 0.1) is 16.4 Å². The van der Waals surface area contributed by atoms with Crippen molar-refractivity contribution in [3.63, 3.8) is 0 Å². The number of nitrogens with one attached hydrogen (secondary N) is 2. The van der Waals surface area contributed by atoms with E-state index >= 15 is 0 Å². The molecule has 1 atom stereocenters. The fraction of sp³-hybridized carbons (Fsp3) is 0.480. The zero-order valence-corrected chi connectivity index (χ0v) is 19.0. The van der Waals surface area contributed by atoms with Crippen molar-refractivity contribution in [2.45, 2.75) is 67.8 Å². The first-order chi connectivity index (χ1) is 15.5. The molecule has 0 bridgehead atoms.